The van der Waals surface area contributed by atoms with Crippen LogP contribution >= 0.6 is 0 Å². The van der Waals surface area contributed by atoms with Gasteiger partial charge in [0.2, 0.25) is 5.56 Å². The highest BCUT2D eigenvalue weighted by Crippen LogP contribution is 2.31. The Bertz CT molecular complexity index is 2680. The van der Waals surface area contributed by atoms with E-state index in [-0.39, 0.29) is 48.6 Å². The monoisotopic (exact) mass is 921 g/mol. The number of amides is 2. The number of ether oxygens (including phenoxy) is 3. The summed E-state index contributed by atoms with van der Waals surface area (Å²) in [6, 6.07) is 39.1. The number of hydrogen-bond acceptors (Lipinski definition) is 11. The Kier molecular flexibility index (Phi) is 16.2. The molecule has 68 heavy (non-hydrogen) atoms. The van der Waals surface area contributed by atoms with E-state index in [1.807, 2.05) is 84.9 Å². The molecule has 2 bridgehead atoms. The van der Waals surface area contributed by atoms with Gasteiger partial charge in [0, 0.05) is 43.2 Å². The number of benzene rings is 5. The fourth-order valence-electron chi connectivity index (χ4n) is 9.13. The molecular formula is C54H59N5O9. The van der Waals surface area contributed by atoms with Gasteiger partial charge in [0.05, 0.1) is 29.8 Å². The van der Waals surface area contributed by atoms with Crippen LogP contribution in [0.3, 0.4) is 0 Å². The van der Waals surface area contributed by atoms with E-state index in [1.54, 1.807) is 41.3 Å². The number of fused-ring (bicyclic) bond motifs is 5. The van der Waals surface area contributed by atoms with Crippen LogP contribution in [0.4, 0.5) is 4.79 Å². The van der Waals surface area contributed by atoms with Crippen LogP contribution in [0.1, 0.15) is 87.2 Å². The number of pyridine rings is 1. The van der Waals surface area contributed by atoms with Crippen molar-refractivity contribution in [2.24, 2.45) is 5.92 Å². The summed E-state index contributed by atoms with van der Waals surface area (Å²) in [5.41, 5.74) is 4.08. The Balaban J connectivity index is 0.798. The molecule has 2 unspecified atom stereocenters. The number of esters is 1. The van der Waals surface area contributed by atoms with Crippen molar-refractivity contribution in [2.75, 3.05) is 52.4 Å². The molecule has 3 saturated heterocycles. The SMILES string of the molecule is O=C(N[C@@H](c1ccccc1)c1cccc(OCc2ccc(C(=O)OCCCN(CCCNC[C@H](O)c3ccc(O)c4[nH]c(=O)ccc34)C(=O)c3ccccc3)cc2)c1)O[C@H]1CN2CCCC1CC2. The highest BCUT2D eigenvalue weighted by molar-refractivity contribution is 5.94. The first-order valence-corrected chi connectivity index (χ1v) is 23.5. The molecule has 3 aliphatic rings. The predicted octanol–water partition coefficient (Wildman–Crippen LogP) is 7.52. The smallest absolute Gasteiger partial charge is 0.408 e. The zero-order valence-corrected chi connectivity index (χ0v) is 38.1. The van der Waals surface area contributed by atoms with Gasteiger partial charge in [-0.1, -0.05) is 78.9 Å². The largest absolute Gasteiger partial charge is 0.506 e. The van der Waals surface area contributed by atoms with Crippen LogP contribution in [-0.4, -0.2) is 101 Å². The van der Waals surface area contributed by atoms with E-state index in [2.05, 4.69) is 20.5 Å². The van der Waals surface area contributed by atoms with E-state index < -0.39 is 24.2 Å². The zero-order valence-electron chi connectivity index (χ0n) is 38.1. The number of aromatic amines is 1. The molecule has 0 spiro atoms. The fraction of sp³-hybridized carbons (Fsp3) is 0.333. The second kappa shape index (κ2) is 23.1. The van der Waals surface area contributed by atoms with Crippen LogP contribution in [0, 0.1) is 5.92 Å². The van der Waals surface area contributed by atoms with E-state index in [4.69, 9.17) is 14.2 Å². The van der Waals surface area contributed by atoms with Crippen LogP contribution < -0.4 is 20.9 Å². The average molecular weight is 922 g/mol. The molecule has 14 heteroatoms. The van der Waals surface area contributed by atoms with Crippen molar-refractivity contribution in [1.29, 1.82) is 0 Å². The van der Waals surface area contributed by atoms with Crippen molar-refractivity contribution in [1.82, 2.24) is 25.4 Å². The van der Waals surface area contributed by atoms with Gasteiger partial charge in [-0.2, -0.15) is 0 Å². The Morgan fingerprint density at radius 2 is 1.57 bits per heavy atom. The van der Waals surface area contributed by atoms with Gasteiger partial charge in [-0.05, 0) is 128 Å². The quantitative estimate of drug-likeness (QED) is 0.0378. The normalized spacial score (nSPS) is 17.4. The number of hydrogen-bond donors (Lipinski definition) is 5. The minimum Gasteiger partial charge on any atom is -0.506 e. The van der Waals surface area contributed by atoms with E-state index in [1.165, 1.54) is 12.1 Å². The zero-order chi connectivity index (χ0) is 47.2. The first-order chi connectivity index (χ1) is 33.2. The number of carbonyl (C=O) groups excluding carboxylic acids is 3. The molecule has 0 saturated carbocycles. The summed E-state index contributed by atoms with van der Waals surface area (Å²) in [6.07, 6.45) is 2.85. The van der Waals surface area contributed by atoms with Crippen molar-refractivity contribution < 1.29 is 38.8 Å². The van der Waals surface area contributed by atoms with Crippen LogP contribution in [0.15, 0.2) is 138 Å². The molecule has 354 valence electrons. The first-order valence-electron chi connectivity index (χ1n) is 23.5. The molecule has 3 aliphatic heterocycles. The van der Waals surface area contributed by atoms with E-state index in [0.29, 0.717) is 66.2 Å². The van der Waals surface area contributed by atoms with E-state index in [0.717, 1.165) is 55.6 Å². The summed E-state index contributed by atoms with van der Waals surface area (Å²) < 4.78 is 17.9. The lowest BCUT2D eigenvalue weighted by atomic mass is 9.92. The lowest BCUT2D eigenvalue weighted by molar-refractivity contribution is 0.0168. The second-order valence-corrected chi connectivity index (χ2v) is 17.5. The summed E-state index contributed by atoms with van der Waals surface area (Å²) in [5, 5.41) is 28.1. The molecule has 0 radical (unpaired) electrons. The fourth-order valence-corrected chi connectivity index (χ4v) is 9.13. The van der Waals surface area contributed by atoms with Gasteiger partial charge in [-0.15, -0.1) is 0 Å². The van der Waals surface area contributed by atoms with Crippen molar-refractivity contribution >= 4 is 28.9 Å². The van der Waals surface area contributed by atoms with Gasteiger partial charge >= 0.3 is 12.1 Å². The molecule has 3 fully saturated rings. The Hall–Kier alpha value is -7.00. The third-order valence-electron chi connectivity index (χ3n) is 12.8. The lowest BCUT2D eigenvalue weighted by Crippen LogP contribution is -2.45. The number of nitrogens with one attached hydrogen (secondary N) is 3. The van der Waals surface area contributed by atoms with Gasteiger partial charge in [0.1, 0.15) is 24.2 Å². The average Bonchev–Trinajstić information content (AvgIpc) is 3.72. The number of rotatable bonds is 20. The van der Waals surface area contributed by atoms with Gasteiger partial charge in [0.25, 0.3) is 5.91 Å². The molecule has 9 rings (SSSR count). The number of phenols is 1. The molecule has 1 aromatic heterocycles. The van der Waals surface area contributed by atoms with E-state index >= 15 is 0 Å². The van der Waals surface area contributed by atoms with Gasteiger partial charge in [0.15, 0.2) is 0 Å². The van der Waals surface area contributed by atoms with Crippen molar-refractivity contribution in [3.63, 3.8) is 0 Å². The summed E-state index contributed by atoms with van der Waals surface area (Å²) in [7, 11) is 0. The van der Waals surface area contributed by atoms with Crippen LogP contribution in [-0.2, 0) is 16.1 Å². The molecule has 5 N–H and O–H groups in total. The highest BCUT2D eigenvalue weighted by atomic mass is 16.6. The summed E-state index contributed by atoms with van der Waals surface area (Å²) in [6.45, 7) is 4.80. The molecule has 14 nitrogen and oxygen atoms in total. The Labute approximate surface area is 395 Å². The van der Waals surface area contributed by atoms with Crippen LogP contribution in [0.25, 0.3) is 10.9 Å². The summed E-state index contributed by atoms with van der Waals surface area (Å²) in [4.78, 5) is 58.5. The second-order valence-electron chi connectivity index (χ2n) is 17.5. The first kappa shape index (κ1) is 47.5. The standard InChI is InChI=1S/C54H59N5O9/c60-46-24-22-44(45-23-25-49(62)56-51(45)46)47(61)34-55-27-9-29-59(52(63)40-13-5-2-6-14-40)30-10-32-66-53(64)41-20-18-37(19-21-41)36-67-43-17-7-15-42(33-43)50(39-11-3-1-4-12-39)57-54(65)68-48-35-58-28-8-16-38(48)26-31-58/h1-7,11-15,17-25,33,38,47-48,50,55,60-61H,8-10,16,26-32,34-36H2,(H,56,62)(H,57,65)/t38?,47-,48-,50-/m0/s1. The Morgan fingerprint density at radius 3 is 2.38 bits per heavy atom. The topological polar surface area (TPSA) is 183 Å². The third-order valence-corrected chi connectivity index (χ3v) is 12.8. The molecule has 5 atom stereocenters. The minimum atomic E-state index is -0.903. The third kappa shape index (κ3) is 12.5. The summed E-state index contributed by atoms with van der Waals surface area (Å²) >= 11 is 0. The van der Waals surface area contributed by atoms with Crippen molar-refractivity contribution in [3.8, 4) is 11.5 Å². The number of phenolic OH excluding ortho intramolecular Hbond substituents is 1. The minimum absolute atomic E-state index is 0.0751. The number of carbonyl (C=O) groups is 3. The maximum absolute atomic E-state index is 13.5. The summed E-state index contributed by atoms with van der Waals surface area (Å²) in [5.74, 6) is 0.350. The molecule has 0 aliphatic carbocycles. The van der Waals surface area contributed by atoms with Crippen molar-refractivity contribution in [3.05, 3.63) is 177 Å². The number of aromatic nitrogens is 1. The van der Waals surface area contributed by atoms with Gasteiger partial charge in [-0.25, -0.2) is 9.59 Å². The van der Waals surface area contributed by atoms with Gasteiger partial charge in [-0.3, -0.25) is 14.5 Å². The predicted molar refractivity (Wildman–Crippen MR) is 259 cm³/mol. The van der Waals surface area contributed by atoms with Gasteiger partial charge < -0.3 is 44.9 Å². The number of piperidine rings is 1. The number of aliphatic hydroxyl groups is 1. The number of aromatic hydroxyl groups is 1. The number of aliphatic hydroxyl groups excluding tert-OH is 1. The number of alkyl carbamates (subject to hydrolysis) is 1. The molecule has 4 heterocycles. The van der Waals surface area contributed by atoms with Crippen molar-refractivity contribution in [2.45, 2.75) is 57.0 Å². The van der Waals surface area contributed by atoms with E-state index in [9.17, 15) is 29.4 Å². The number of H-pyrrole nitrogens is 1. The maximum Gasteiger partial charge on any atom is 0.408 e. The molecular weight excluding hydrogens is 863 g/mol. The van der Waals surface area contributed by atoms with Crippen LogP contribution in [0.2, 0.25) is 0 Å². The number of nitrogens with zero attached hydrogens (tertiary/aromatic N) is 2. The highest BCUT2D eigenvalue weighted by Gasteiger charge is 2.35. The molecule has 6 aromatic rings. The van der Waals surface area contributed by atoms with Crippen LogP contribution in [0.5, 0.6) is 11.5 Å². The molecule has 2 amide bonds. The lowest BCUT2D eigenvalue weighted by Gasteiger charge is -2.34. The maximum atomic E-state index is 13.5. The Morgan fingerprint density at radius 1 is 0.809 bits per heavy atom. The molecule has 5 aromatic carbocycles.